The Morgan fingerprint density at radius 3 is 1.48 bits per heavy atom. The molecule has 7 aromatic carbocycles. The van der Waals surface area contributed by atoms with E-state index in [1.54, 1.807) is 0 Å². The molecular weight excluding hydrogens is 595 g/mol. The maximum Gasteiger partial charge on any atom is 0.0991 e. The molecule has 0 atom stereocenters. The van der Waals surface area contributed by atoms with Gasteiger partial charge >= 0.3 is 0 Å². The van der Waals surface area contributed by atoms with Gasteiger partial charge in [0.05, 0.1) is 11.6 Å². The molecule has 1 nitrogen and oxygen atoms in total. The zero-order valence-corrected chi connectivity index (χ0v) is 26.3. The SMILES string of the molecule is N#Cc1cccc(-c2cc(-c3cccc4c3sc3ccccc34)c(-c3ccccc3)c(-c3cccc4c3sc3ccccc34)c2)c1. The van der Waals surface area contributed by atoms with Crippen molar-refractivity contribution in [3.8, 4) is 50.6 Å². The van der Waals surface area contributed by atoms with E-state index in [-0.39, 0.29) is 0 Å². The normalized spacial score (nSPS) is 11.5. The number of fused-ring (bicyclic) bond motifs is 6. The van der Waals surface area contributed by atoms with Crippen LogP contribution in [0.25, 0.3) is 84.9 Å². The fraction of sp³-hybridized carbons (Fsp3) is 0. The summed E-state index contributed by atoms with van der Waals surface area (Å²) in [6.45, 7) is 0. The van der Waals surface area contributed by atoms with Crippen molar-refractivity contribution in [2.75, 3.05) is 0 Å². The van der Waals surface area contributed by atoms with Gasteiger partial charge in [0.15, 0.2) is 0 Å². The van der Waals surface area contributed by atoms with Gasteiger partial charge in [-0.3, -0.25) is 0 Å². The van der Waals surface area contributed by atoms with E-state index in [0.717, 1.165) is 11.1 Å². The summed E-state index contributed by atoms with van der Waals surface area (Å²) in [6.07, 6.45) is 0. The van der Waals surface area contributed by atoms with Gasteiger partial charge in [0.25, 0.3) is 0 Å². The van der Waals surface area contributed by atoms with Crippen LogP contribution in [0.2, 0.25) is 0 Å². The van der Waals surface area contributed by atoms with Crippen LogP contribution < -0.4 is 0 Å². The largest absolute Gasteiger partial charge is 0.192 e. The minimum atomic E-state index is 0.658. The van der Waals surface area contributed by atoms with Gasteiger partial charge < -0.3 is 0 Å². The highest BCUT2D eigenvalue weighted by Crippen LogP contribution is 2.50. The van der Waals surface area contributed by atoms with Crippen LogP contribution in [0, 0.1) is 11.3 Å². The number of hydrogen-bond acceptors (Lipinski definition) is 3. The Morgan fingerprint density at radius 2 is 0.891 bits per heavy atom. The molecule has 0 spiro atoms. The number of thiophene rings is 2. The molecule has 0 saturated heterocycles. The monoisotopic (exact) mass is 619 g/mol. The molecule has 0 amide bonds. The lowest BCUT2D eigenvalue weighted by Gasteiger charge is -2.20. The van der Waals surface area contributed by atoms with Gasteiger partial charge in [0, 0.05) is 51.5 Å². The summed E-state index contributed by atoms with van der Waals surface area (Å²) in [4.78, 5) is 0. The highest BCUT2D eigenvalue weighted by Gasteiger charge is 2.22. The maximum atomic E-state index is 9.79. The molecule has 46 heavy (non-hydrogen) atoms. The van der Waals surface area contributed by atoms with E-state index < -0.39 is 0 Å². The molecular formula is C43H25NS2. The Kier molecular flexibility index (Phi) is 6.31. The maximum absolute atomic E-state index is 9.79. The van der Waals surface area contributed by atoms with Crippen LogP contribution in [-0.2, 0) is 0 Å². The second-order valence-electron chi connectivity index (χ2n) is 11.6. The van der Waals surface area contributed by atoms with Crippen LogP contribution in [0.15, 0.2) is 152 Å². The smallest absolute Gasteiger partial charge is 0.0991 e. The zero-order chi connectivity index (χ0) is 30.6. The molecule has 0 unspecified atom stereocenters. The average molecular weight is 620 g/mol. The second-order valence-corrected chi connectivity index (χ2v) is 13.7. The van der Waals surface area contributed by atoms with E-state index in [4.69, 9.17) is 0 Å². The molecule has 0 bridgehead atoms. The van der Waals surface area contributed by atoms with Crippen molar-refractivity contribution in [1.82, 2.24) is 0 Å². The van der Waals surface area contributed by atoms with Crippen LogP contribution in [0.5, 0.6) is 0 Å². The van der Waals surface area contributed by atoms with Crippen molar-refractivity contribution in [3.05, 3.63) is 157 Å². The Bertz CT molecular complexity index is 2520. The van der Waals surface area contributed by atoms with Gasteiger partial charge in [-0.15, -0.1) is 22.7 Å². The van der Waals surface area contributed by atoms with Gasteiger partial charge in [-0.25, -0.2) is 0 Å². The third-order valence-electron chi connectivity index (χ3n) is 8.91. The lowest BCUT2D eigenvalue weighted by molar-refractivity contribution is 1.48. The molecule has 0 aliphatic heterocycles. The molecule has 3 heteroatoms. The number of nitriles is 1. The van der Waals surface area contributed by atoms with Gasteiger partial charge in [0.1, 0.15) is 0 Å². The first kappa shape index (κ1) is 26.8. The molecule has 0 aliphatic carbocycles. The predicted octanol–water partition coefficient (Wildman–Crippen LogP) is 13.0. The minimum Gasteiger partial charge on any atom is -0.192 e. The van der Waals surface area contributed by atoms with Gasteiger partial charge in [-0.05, 0) is 69.8 Å². The molecule has 0 radical (unpaired) electrons. The molecule has 9 aromatic rings. The fourth-order valence-corrected chi connectivity index (χ4v) is 9.30. The summed E-state index contributed by atoms with van der Waals surface area (Å²) in [5.74, 6) is 0. The van der Waals surface area contributed by atoms with Crippen LogP contribution in [0.4, 0.5) is 0 Å². The molecule has 9 rings (SSSR count). The van der Waals surface area contributed by atoms with Crippen molar-refractivity contribution in [2.24, 2.45) is 0 Å². The zero-order valence-electron chi connectivity index (χ0n) is 24.7. The van der Waals surface area contributed by atoms with Gasteiger partial charge in [-0.1, -0.05) is 115 Å². The third kappa shape index (κ3) is 4.27. The van der Waals surface area contributed by atoms with E-state index in [1.165, 1.54) is 73.7 Å². The summed E-state index contributed by atoms with van der Waals surface area (Å²) in [6, 6.07) is 56.7. The first-order valence-corrected chi connectivity index (χ1v) is 17.0. The second kappa shape index (κ2) is 10.8. The number of benzene rings is 7. The van der Waals surface area contributed by atoms with Crippen molar-refractivity contribution in [1.29, 1.82) is 5.26 Å². The van der Waals surface area contributed by atoms with Gasteiger partial charge in [-0.2, -0.15) is 5.26 Å². The number of hydrogen-bond donors (Lipinski definition) is 0. The molecule has 0 fully saturated rings. The predicted molar refractivity (Wildman–Crippen MR) is 199 cm³/mol. The van der Waals surface area contributed by atoms with Crippen LogP contribution >= 0.6 is 22.7 Å². The number of rotatable bonds is 4. The van der Waals surface area contributed by atoms with Crippen LogP contribution in [0.3, 0.4) is 0 Å². The first-order chi connectivity index (χ1) is 22.8. The lowest BCUT2D eigenvalue weighted by atomic mass is 9.84. The summed E-state index contributed by atoms with van der Waals surface area (Å²) in [7, 11) is 0. The standard InChI is InChI=1S/C43H25NS2/c44-26-27-11-8-14-29(23-27)30-24-37(35-19-9-17-33-31-15-4-6-21-39(31)45-42(33)35)41(28-12-2-1-3-13-28)38(25-30)36-20-10-18-34-32-16-5-7-22-40(32)46-43(34)36/h1-25H. The molecule has 2 heterocycles. The lowest BCUT2D eigenvalue weighted by Crippen LogP contribution is -1.94. The van der Waals surface area contributed by atoms with Crippen LogP contribution in [0.1, 0.15) is 5.56 Å². The molecule has 214 valence electrons. The Balaban J connectivity index is 1.45. The van der Waals surface area contributed by atoms with Crippen molar-refractivity contribution < 1.29 is 0 Å². The summed E-state index contributed by atoms with van der Waals surface area (Å²) < 4.78 is 5.16. The summed E-state index contributed by atoms with van der Waals surface area (Å²) in [5.41, 5.74) is 10.0. The molecule has 0 aliphatic rings. The van der Waals surface area contributed by atoms with Gasteiger partial charge in [0.2, 0.25) is 0 Å². The summed E-state index contributed by atoms with van der Waals surface area (Å²) >= 11 is 3.72. The minimum absolute atomic E-state index is 0.658. The fourth-order valence-electron chi connectivity index (χ4n) is 6.84. The Hall–Kier alpha value is -5.53. The Labute approximate surface area is 274 Å². The van der Waals surface area contributed by atoms with E-state index in [9.17, 15) is 5.26 Å². The quantitative estimate of drug-likeness (QED) is 0.192. The Morgan fingerprint density at radius 1 is 0.391 bits per heavy atom. The van der Waals surface area contributed by atoms with E-state index in [0.29, 0.717) is 5.56 Å². The van der Waals surface area contributed by atoms with Crippen molar-refractivity contribution >= 4 is 63.0 Å². The summed E-state index contributed by atoms with van der Waals surface area (Å²) in [5, 5.41) is 14.9. The van der Waals surface area contributed by atoms with E-state index >= 15 is 0 Å². The van der Waals surface area contributed by atoms with E-state index in [2.05, 4.69) is 140 Å². The van der Waals surface area contributed by atoms with Crippen LogP contribution in [-0.4, -0.2) is 0 Å². The topological polar surface area (TPSA) is 23.8 Å². The van der Waals surface area contributed by atoms with Crippen molar-refractivity contribution in [2.45, 2.75) is 0 Å². The van der Waals surface area contributed by atoms with E-state index in [1.807, 2.05) is 40.9 Å². The molecule has 0 N–H and O–H groups in total. The first-order valence-electron chi connectivity index (χ1n) is 15.3. The molecule has 2 aromatic heterocycles. The molecule has 0 saturated carbocycles. The third-order valence-corrected chi connectivity index (χ3v) is 11.4. The number of nitrogens with zero attached hydrogens (tertiary/aromatic N) is 1. The highest BCUT2D eigenvalue weighted by atomic mass is 32.1. The van der Waals surface area contributed by atoms with Crippen molar-refractivity contribution in [3.63, 3.8) is 0 Å². The highest BCUT2D eigenvalue weighted by molar-refractivity contribution is 7.26. The average Bonchev–Trinajstić information content (AvgIpc) is 3.70.